The van der Waals surface area contributed by atoms with E-state index in [2.05, 4.69) is 17.1 Å². The molecule has 0 aromatic heterocycles. The van der Waals surface area contributed by atoms with E-state index in [1.165, 1.54) is 36.8 Å². The van der Waals surface area contributed by atoms with Crippen LogP contribution in [0.1, 0.15) is 62.1 Å². The van der Waals surface area contributed by atoms with Crippen molar-refractivity contribution in [3.8, 4) is 17.2 Å². The highest BCUT2D eigenvalue weighted by Gasteiger charge is 2.24. The second-order valence-electron chi connectivity index (χ2n) is 9.49. The largest absolute Gasteiger partial charge is 0.504 e. The molecule has 1 aliphatic rings. The number of unbranched alkanes of at least 4 members (excludes halogenated alkanes) is 3. The Hall–Kier alpha value is -1.37. The normalized spacial score (nSPS) is 14.6. The van der Waals surface area contributed by atoms with Crippen molar-refractivity contribution in [2.45, 2.75) is 71.3 Å². The Balaban J connectivity index is 0.00000324. The van der Waals surface area contributed by atoms with Gasteiger partial charge >= 0.3 is 0 Å². The van der Waals surface area contributed by atoms with Crippen LogP contribution in [-0.4, -0.2) is 53.9 Å². The lowest BCUT2D eigenvalue weighted by Gasteiger charge is -2.35. The minimum Gasteiger partial charge on any atom is -0.504 e. The molecule has 1 atom stereocenters. The average Bonchev–Trinajstić information content (AvgIpc) is 2.81. The van der Waals surface area contributed by atoms with Crippen LogP contribution >= 0.6 is 36.4 Å². The number of phenols is 2. The predicted molar refractivity (Wildman–Crippen MR) is 155 cm³/mol. The van der Waals surface area contributed by atoms with E-state index in [1.807, 2.05) is 25.1 Å². The number of benzene rings is 2. The lowest BCUT2D eigenvalue weighted by molar-refractivity contribution is 0.175. The zero-order valence-corrected chi connectivity index (χ0v) is 24.0. The van der Waals surface area contributed by atoms with Gasteiger partial charge in [0, 0.05) is 12.6 Å². The molecule has 0 bridgehead atoms. The number of aromatic hydroxyl groups is 2. The zero-order valence-electron chi connectivity index (χ0n) is 21.6. The fraction of sp³-hybridized carbons (Fsp3) is 0.571. The third-order valence-corrected chi connectivity index (χ3v) is 6.99. The van der Waals surface area contributed by atoms with E-state index >= 15 is 0 Å². The molecule has 0 saturated heterocycles. The van der Waals surface area contributed by atoms with Crippen molar-refractivity contribution in [2.75, 3.05) is 32.8 Å². The van der Waals surface area contributed by atoms with Crippen molar-refractivity contribution < 1.29 is 14.9 Å². The number of rotatable bonds is 14. The van der Waals surface area contributed by atoms with Crippen LogP contribution in [0.4, 0.5) is 0 Å². The van der Waals surface area contributed by atoms with Crippen LogP contribution in [0.3, 0.4) is 0 Å². The Morgan fingerprint density at radius 1 is 0.972 bits per heavy atom. The molecule has 1 aliphatic carbocycles. The molecule has 36 heavy (non-hydrogen) atoms. The van der Waals surface area contributed by atoms with Gasteiger partial charge in [-0.05, 0) is 106 Å². The lowest BCUT2D eigenvalue weighted by atomic mass is 9.87. The van der Waals surface area contributed by atoms with Gasteiger partial charge in [-0.15, -0.1) is 24.8 Å². The summed E-state index contributed by atoms with van der Waals surface area (Å²) in [4.78, 5) is 2.64. The maximum atomic E-state index is 9.89. The van der Waals surface area contributed by atoms with Gasteiger partial charge in [-0.25, -0.2) is 0 Å². The maximum Gasteiger partial charge on any atom is 0.157 e. The maximum absolute atomic E-state index is 9.89. The van der Waals surface area contributed by atoms with E-state index in [4.69, 9.17) is 16.3 Å². The predicted octanol–water partition coefficient (Wildman–Crippen LogP) is 6.70. The van der Waals surface area contributed by atoms with Gasteiger partial charge in [-0.3, -0.25) is 0 Å². The average molecular weight is 562 g/mol. The number of hydrogen-bond acceptors (Lipinski definition) is 5. The summed E-state index contributed by atoms with van der Waals surface area (Å²) in [5.41, 5.74) is 3.51. The summed E-state index contributed by atoms with van der Waals surface area (Å²) in [6, 6.07) is 9.90. The number of halogens is 3. The number of phenolic OH excluding ortho intramolecular Hbond substituents is 2. The van der Waals surface area contributed by atoms with Crippen LogP contribution in [0, 0.1) is 6.92 Å². The Labute approximate surface area is 234 Å². The first-order valence-electron chi connectivity index (χ1n) is 12.9. The smallest absolute Gasteiger partial charge is 0.157 e. The number of aryl methyl sites for hydroxylation is 2. The highest BCUT2D eigenvalue weighted by molar-refractivity contribution is 6.32. The first-order chi connectivity index (χ1) is 16.5. The topological polar surface area (TPSA) is 65.0 Å². The summed E-state index contributed by atoms with van der Waals surface area (Å²) in [6.07, 6.45) is 9.09. The van der Waals surface area contributed by atoms with E-state index in [0.717, 1.165) is 63.2 Å². The van der Waals surface area contributed by atoms with E-state index in [0.29, 0.717) is 17.7 Å². The highest BCUT2D eigenvalue weighted by Crippen LogP contribution is 2.34. The van der Waals surface area contributed by atoms with Crippen molar-refractivity contribution in [2.24, 2.45) is 0 Å². The van der Waals surface area contributed by atoms with Gasteiger partial charge in [0.05, 0.1) is 5.02 Å². The van der Waals surface area contributed by atoms with Crippen molar-refractivity contribution in [3.63, 3.8) is 0 Å². The molecule has 3 N–H and O–H groups in total. The van der Waals surface area contributed by atoms with Gasteiger partial charge in [-0.2, -0.15) is 0 Å². The second-order valence-corrected chi connectivity index (χ2v) is 9.90. The molecule has 5 nitrogen and oxygen atoms in total. The molecule has 0 fully saturated rings. The van der Waals surface area contributed by atoms with Gasteiger partial charge in [0.1, 0.15) is 12.4 Å². The molecule has 0 heterocycles. The molecule has 0 radical (unpaired) electrons. The first-order valence-corrected chi connectivity index (χ1v) is 13.2. The van der Waals surface area contributed by atoms with E-state index in [9.17, 15) is 10.2 Å². The summed E-state index contributed by atoms with van der Waals surface area (Å²) in [5.74, 6) is 0.753. The number of fused-ring (bicyclic) bond motifs is 1. The summed E-state index contributed by atoms with van der Waals surface area (Å²) in [5, 5.41) is 23.8. The van der Waals surface area contributed by atoms with Crippen molar-refractivity contribution in [1.82, 2.24) is 10.2 Å². The van der Waals surface area contributed by atoms with E-state index < -0.39 is 0 Å². The molecule has 3 rings (SSSR count). The standard InChI is InChI=1S/C28H41ClN2O3.2ClH/c1-3-14-31(24-10-9-22-19-26(32)27(33)20-23(22)18-24)15-7-5-4-6-12-30-13-16-34-28-11-8-21(2)17-25(28)29;;/h8,11,17,19-20,24,30,32-33H,3-7,9-10,12-16,18H2,1-2H3;2*1H/t24-;;/m1../s1. The second kappa shape index (κ2) is 17.2. The molecule has 0 aliphatic heterocycles. The number of hydrogen-bond donors (Lipinski definition) is 3. The van der Waals surface area contributed by atoms with Crippen LogP contribution in [-0.2, 0) is 12.8 Å². The molecule has 204 valence electrons. The Morgan fingerprint density at radius 3 is 2.42 bits per heavy atom. The monoisotopic (exact) mass is 560 g/mol. The highest BCUT2D eigenvalue weighted by atomic mass is 35.5. The quantitative estimate of drug-likeness (QED) is 0.177. The SMILES string of the molecule is CCCN(CCCCCCNCCOc1ccc(C)cc1Cl)[C@@H]1CCc2cc(O)c(O)cc2C1.Cl.Cl. The lowest BCUT2D eigenvalue weighted by Crippen LogP contribution is -2.40. The van der Waals surface area contributed by atoms with Gasteiger partial charge in [0.2, 0.25) is 0 Å². The van der Waals surface area contributed by atoms with E-state index in [1.54, 1.807) is 12.1 Å². The molecule has 0 amide bonds. The van der Waals surface area contributed by atoms with Gasteiger partial charge in [0.15, 0.2) is 11.5 Å². The summed E-state index contributed by atoms with van der Waals surface area (Å²) in [7, 11) is 0. The fourth-order valence-corrected chi connectivity index (χ4v) is 5.13. The van der Waals surface area contributed by atoms with Crippen LogP contribution in [0.2, 0.25) is 5.02 Å². The van der Waals surface area contributed by atoms with Crippen molar-refractivity contribution in [3.05, 3.63) is 52.0 Å². The van der Waals surface area contributed by atoms with Gasteiger partial charge in [-0.1, -0.05) is 37.4 Å². The Bertz CT molecular complexity index is 914. The first kappa shape index (κ1) is 32.7. The molecular formula is C28H43Cl3N2O3. The molecule has 0 spiro atoms. The van der Waals surface area contributed by atoms with Crippen LogP contribution in [0.5, 0.6) is 17.2 Å². The van der Waals surface area contributed by atoms with Crippen molar-refractivity contribution in [1.29, 1.82) is 0 Å². The summed E-state index contributed by atoms with van der Waals surface area (Å²) in [6.45, 7) is 8.98. The molecule has 8 heteroatoms. The molecule has 0 unspecified atom stereocenters. The van der Waals surface area contributed by atoms with Gasteiger partial charge in [0.25, 0.3) is 0 Å². The summed E-state index contributed by atoms with van der Waals surface area (Å²) < 4.78 is 5.75. The third-order valence-electron chi connectivity index (χ3n) is 6.70. The van der Waals surface area contributed by atoms with Gasteiger partial charge < -0.3 is 25.2 Å². The Kier molecular flexibility index (Phi) is 15.6. The minimum atomic E-state index is 0. The van der Waals surface area contributed by atoms with Crippen LogP contribution in [0.25, 0.3) is 0 Å². The van der Waals surface area contributed by atoms with Crippen molar-refractivity contribution >= 4 is 36.4 Å². The third kappa shape index (κ3) is 10.2. The van der Waals surface area contributed by atoms with Crippen LogP contribution in [0.15, 0.2) is 30.3 Å². The summed E-state index contributed by atoms with van der Waals surface area (Å²) >= 11 is 6.20. The molecule has 2 aromatic carbocycles. The molecule has 2 aromatic rings. The Morgan fingerprint density at radius 2 is 1.69 bits per heavy atom. The number of ether oxygens (including phenoxy) is 1. The zero-order chi connectivity index (χ0) is 24.3. The number of nitrogens with zero attached hydrogens (tertiary/aromatic N) is 1. The van der Waals surface area contributed by atoms with E-state index in [-0.39, 0.29) is 36.3 Å². The minimum absolute atomic E-state index is 0. The fourth-order valence-electron chi connectivity index (χ4n) is 4.84. The molecular weight excluding hydrogens is 519 g/mol. The number of nitrogens with one attached hydrogen (secondary N) is 1. The van der Waals surface area contributed by atoms with Crippen LogP contribution < -0.4 is 10.1 Å². The molecule has 0 saturated carbocycles.